The Morgan fingerprint density at radius 3 is 2.32 bits per heavy atom. The first-order valence-corrected chi connectivity index (χ1v) is 8.37. The molecule has 0 aliphatic carbocycles. The number of anilines is 1. The van der Waals surface area contributed by atoms with E-state index in [0.29, 0.717) is 16.3 Å². The van der Waals surface area contributed by atoms with E-state index in [0.717, 1.165) is 6.08 Å². The molecule has 0 fully saturated rings. The monoisotopic (exact) mass is 355 g/mol. The molecule has 0 atom stereocenters. The van der Waals surface area contributed by atoms with E-state index >= 15 is 0 Å². The second kappa shape index (κ2) is 6.96. The molecule has 2 aromatic rings. The van der Waals surface area contributed by atoms with Crippen molar-refractivity contribution in [3.63, 3.8) is 0 Å². The smallest absolute Gasteiger partial charge is 0.262 e. The molecule has 0 bridgehead atoms. The highest BCUT2D eigenvalue weighted by atomic mass is 35.5. The zero-order chi connectivity index (χ0) is 16.2. The first kappa shape index (κ1) is 16.5. The van der Waals surface area contributed by atoms with Crippen molar-refractivity contribution in [2.75, 3.05) is 4.72 Å². The highest BCUT2D eigenvalue weighted by Crippen LogP contribution is 2.22. The van der Waals surface area contributed by atoms with Gasteiger partial charge >= 0.3 is 0 Å². The fraction of sp³-hybridized carbons (Fsp3) is 0. The Balaban J connectivity index is 2.37. The van der Waals surface area contributed by atoms with Gasteiger partial charge in [0.1, 0.15) is 0 Å². The molecule has 0 aromatic heterocycles. The third kappa shape index (κ3) is 4.34. The van der Waals surface area contributed by atoms with E-state index in [1.165, 1.54) is 12.1 Å². The van der Waals surface area contributed by atoms with Gasteiger partial charge in [-0.05, 0) is 59.6 Å². The lowest BCUT2D eigenvalue weighted by atomic mass is 10.2. The second-order valence-corrected chi connectivity index (χ2v) is 6.75. The molecule has 1 N–H and O–H groups in total. The van der Waals surface area contributed by atoms with Crippen molar-refractivity contribution in [2.24, 2.45) is 0 Å². The zero-order valence-electron chi connectivity index (χ0n) is 11.2. The molecule has 0 saturated heterocycles. The third-order valence-corrected chi connectivity index (χ3v) is 4.53. The number of halogens is 2. The van der Waals surface area contributed by atoms with Gasteiger partial charge in [0.2, 0.25) is 5.24 Å². The lowest BCUT2D eigenvalue weighted by molar-refractivity contribution is -0.107. The van der Waals surface area contributed by atoms with Gasteiger partial charge in [0.25, 0.3) is 10.0 Å². The van der Waals surface area contributed by atoms with Crippen molar-refractivity contribution < 1.29 is 13.2 Å². The minimum Gasteiger partial charge on any atom is -0.280 e. The maximum absolute atomic E-state index is 12.5. The number of sulfonamides is 1. The Bertz CT molecular complexity index is 815. The average molecular weight is 356 g/mol. The normalized spacial score (nSPS) is 11.5. The summed E-state index contributed by atoms with van der Waals surface area (Å²) in [5.41, 5.74) is 0.745. The van der Waals surface area contributed by atoms with Gasteiger partial charge in [-0.25, -0.2) is 8.42 Å². The van der Waals surface area contributed by atoms with E-state index in [4.69, 9.17) is 23.2 Å². The van der Waals surface area contributed by atoms with E-state index in [-0.39, 0.29) is 4.90 Å². The summed E-state index contributed by atoms with van der Waals surface area (Å²) < 4.78 is 27.4. The SMILES string of the molecule is O=C(Cl)C=Cc1ccccc1S(=O)(=O)Nc1ccc(Cl)cc1. The first-order valence-electron chi connectivity index (χ1n) is 6.13. The molecular formula is C15H11Cl2NO3S. The fourth-order valence-electron chi connectivity index (χ4n) is 1.75. The summed E-state index contributed by atoms with van der Waals surface area (Å²) in [4.78, 5) is 10.8. The highest BCUT2D eigenvalue weighted by Gasteiger charge is 2.17. The molecule has 0 saturated carbocycles. The number of hydrogen-bond acceptors (Lipinski definition) is 3. The highest BCUT2D eigenvalue weighted by molar-refractivity contribution is 7.92. The lowest BCUT2D eigenvalue weighted by Crippen LogP contribution is -2.14. The summed E-state index contributed by atoms with van der Waals surface area (Å²) >= 11 is 11.0. The Hall–Kier alpha value is -1.82. The number of carbonyl (C=O) groups excluding carboxylic acids is 1. The maximum Gasteiger partial charge on any atom is 0.262 e. The molecule has 114 valence electrons. The number of rotatable bonds is 5. The van der Waals surface area contributed by atoms with Crippen LogP contribution in [0.25, 0.3) is 6.08 Å². The molecule has 22 heavy (non-hydrogen) atoms. The van der Waals surface area contributed by atoms with E-state index in [1.54, 1.807) is 42.5 Å². The predicted octanol–water partition coefficient (Wildman–Crippen LogP) is 3.92. The van der Waals surface area contributed by atoms with E-state index in [1.807, 2.05) is 0 Å². The molecule has 0 radical (unpaired) electrons. The second-order valence-electron chi connectivity index (χ2n) is 4.29. The number of allylic oxidation sites excluding steroid dienone is 1. The van der Waals surface area contributed by atoms with Crippen LogP contribution in [0.15, 0.2) is 59.5 Å². The molecule has 7 heteroatoms. The molecule has 0 spiro atoms. The summed E-state index contributed by atoms with van der Waals surface area (Å²) in [5, 5.41) is -0.176. The van der Waals surface area contributed by atoms with Gasteiger partial charge in [-0.2, -0.15) is 0 Å². The van der Waals surface area contributed by atoms with Gasteiger partial charge in [-0.15, -0.1) is 0 Å². The summed E-state index contributed by atoms with van der Waals surface area (Å²) in [6, 6.07) is 12.6. The topological polar surface area (TPSA) is 63.2 Å². The van der Waals surface area contributed by atoms with Crippen LogP contribution in [-0.4, -0.2) is 13.7 Å². The molecule has 2 rings (SSSR count). The summed E-state index contributed by atoms with van der Waals surface area (Å²) in [7, 11) is -3.80. The summed E-state index contributed by atoms with van der Waals surface area (Å²) in [6.07, 6.45) is 2.45. The van der Waals surface area contributed by atoms with Gasteiger partial charge in [0, 0.05) is 10.7 Å². The standard InChI is InChI=1S/C15H11Cl2NO3S/c16-12-6-8-13(9-7-12)18-22(20,21)14-4-2-1-3-11(14)5-10-15(17)19/h1-10,18H. The molecule has 0 aliphatic rings. The van der Waals surface area contributed by atoms with Crippen LogP contribution in [0, 0.1) is 0 Å². The van der Waals surface area contributed by atoms with Gasteiger partial charge in [-0.3, -0.25) is 9.52 Å². The van der Waals surface area contributed by atoms with Crippen LogP contribution in [-0.2, 0) is 14.8 Å². The van der Waals surface area contributed by atoms with Crippen LogP contribution >= 0.6 is 23.2 Å². The minimum absolute atomic E-state index is 0.0408. The molecule has 0 unspecified atom stereocenters. The van der Waals surface area contributed by atoms with Crippen LogP contribution in [0.3, 0.4) is 0 Å². The van der Waals surface area contributed by atoms with Crippen molar-refractivity contribution in [3.8, 4) is 0 Å². The minimum atomic E-state index is -3.80. The van der Waals surface area contributed by atoms with Gasteiger partial charge in [0.05, 0.1) is 4.90 Å². The van der Waals surface area contributed by atoms with Crippen LogP contribution in [0.1, 0.15) is 5.56 Å². The largest absolute Gasteiger partial charge is 0.280 e. The summed E-state index contributed by atoms with van der Waals surface area (Å²) in [5.74, 6) is 0. The molecule has 0 heterocycles. The quantitative estimate of drug-likeness (QED) is 0.652. The van der Waals surface area contributed by atoms with E-state index in [9.17, 15) is 13.2 Å². The van der Waals surface area contributed by atoms with Crippen LogP contribution < -0.4 is 4.72 Å². The molecular weight excluding hydrogens is 345 g/mol. The van der Waals surface area contributed by atoms with Crippen molar-refractivity contribution in [3.05, 3.63) is 65.2 Å². The number of hydrogen-bond donors (Lipinski definition) is 1. The molecule has 0 aliphatic heterocycles. The van der Waals surface area contributed by atoms with Crippen molar-refractivity contribution in [1.29, 1.82) is 0 Å². The van der Waals surface area contributed by atoms with E-state index in [2.05, 4.69) is 4.72 Å². The first-order chi connectivity index (χ1) is 10.4. The van der Waals surface area contributed by atoms with Crippen LogP contribution in [0.4, 0.5) is 5.69 Å². The van der Waals surface area contributed by atoms with Crippen molar-refractivity contribution in [1.82, 2.24) is 0 Å². The summed E-state index contributed by atoms with van der Waals surface area (Å²) in [6.45, 7) is 0. The molecule has 2 aromatic carbocycles. The van der Waals surface area contributed by atoms with Crippen LogP contribution in [0.2, 0.25) is 5.02 Å². The average Bonchev–Trinajstić information content (AvgIpc) is 2.47. The van der Waals surface area contributed by atoms with Gasteiger partial charge in [0.15, 0.2) is 0 Å². The Kier molecular flexibility index (Phi) is 5.24. The number of benzene rings is 2. The Labute approximate surface area is 138 Å². The van der Waals surface area contributed by atoms with Gasteiger partial charge in [-0.1, -0.05) is 29.8 Å². The zero-order valence-corrected chi connectivity index (χ0v) is 13.5. The molecule has 4 nitrogen and oxygen atoms in total. The lowest BCUT2D eigenvalue weighted by Gasteiger charge is -2.10. The number of carbonyl (C=O) groups is 1. The van der Waals surface area contributed by atoms with Gasteiger partial charge < -0.3 is 0 Å². The predicted molar refractivity (Wildman–Crippen MR) is 88.6 cm³/mol. The van der Waals surface area contributed by atoms with Crippen molar-refractivity contribution in [2.45, 2.75) is 4.90 Å². The maximum atomic E-state index is 12.5. The Morgan fingerprint density at radius 1 is 1.05 bits per heavy atom. The fourth-order valence-corrected chi connectivity index (χ4v) is 3.20. The van der Waals surface area contributed by atoms with E-state index < -0.39 is 15.3 Å². The Morgan fingerprint density at radius 2 is 1.68 bits per heavy atom. The number of nitrogens with one attached hydrogen (secondary N) is 1. The third-order valence-electron chi connectivity index (χ3n) is 2.70. The molecule has 0 amide bonds. The van der Waals surface area contributed by atoms with Crippen molar-refractivity contribution >= 4 is 50.2 Å². The van der Waals surface area contributed by atoms with Crippen LogP contribution in [0.5, 0.6) is 0 Å².